The van der Waals surface area contributed by atoms with Crippen molar-refractivity contribution < 1.29 is 4.42 Å². The van der Waals surface area contributed by atoms with Gasteiger partial charge in [-0.3, -0.25) is 0 Å². The second kappa shape index (κ2) is 9.62. The molecule has 1 heteroatoms. The molecule has 236 valence electrons. The Hall–Kier alpha value is -6.44. The van der Waals surface area contributed by atoms with Crippen LogP contribution in [-0.2, 0) is 10.8 Å². The molecule has 8 aromatic carbocycles. The summed E-state index contributed by atoms with van der Waals surface area (Å²) in [5.41, 5.74) is 19.2. The zero-order valence-corrected chi connectivity index (χ0v) is 27.7. The average Bonchev–Trinajstić information content (AvgIpc) is 3.82. The molecule has 1 heterocycles. The van der Waals surface area contributed by atoms with Gasteiger partial charge in [-0.15, -0.1) is 0 Å². The topological polar surface area (TPSA) is 13.1 Å². The van der Waals surface area contributed by atoms with Crippen molar-refractivity contribution in [1.29, 1.82) is 0 Å². The maximum atomic E-state index is 6.53. The van der Waals surface area contributed by atoms with E-state index < -0.39 is 10.8 Å². The zero-order valence-electron chi connectivity index (χ0n) is 27.7. The van der Waals surface area contributed by atoms with Crippen LogP contribution in [0.1, 0.15) is 44.5 Å². The molecular weight excluding hydrogens is 617 g/mol. The molecule has 0 N–H and O–H groups in total. The Morgan fingerprint density at radius 3 is 1.33 bits per heavy atom. The van der Waals surface area contributed by atoms with Crippen LogP contribution in [0, 0.1) is 0 Å². The summed E-state index contributed by atoms with van der Waals surface area (Å²) in [5.74, 6) is 0. The standard InChI is InChI=1S/C50H30O/c1-6-20-39-33(14-1)34-15-2-7-21-40(34)49(39)43-24-10-11-25-44(43)50(41-22-8-3-16-35(41)36-17-4-9-23-42(36)50)48-32(19-13-26-45(48)49)31-28-29-38-37-18-5-12-27-46(37)51-47(38)30-31/h1-30H. The first-order valence-corrected chi connectivity index (χ1v) is 17.9. The van der Waals surface area contributed by atoms with Gasteiger partial charge >= 0.3 is 0 Å². The normalized spacial score (nSPS) is 15.0. The lowest BCUT2D eigenvalue weighted by Gasteiger charge is -2.49. The average molecular weight is 647 g/mol. The molecule has 0 saturated carbocycles. The molecule has 0 unspecified atom stereocenters. The number of fused-ring (bicyclic) bond motifs is 19. The monoisotopic (exact) mass is 646 g/mol. The third kappa shape index (κ3) is 3.15. The smallest absolute Gasteiger partial charge is 0.136 e. The SMILES string of the molecule is c1ccc2c(c1)-c1ccccc1C21c2ccccc2C2(c3ccccc3-c3ccccc32)c2c(-c3ccc4c(c3)oc3ccccc34)cccc21. The van der Waals surface area contributed by atoms with Crippen LogP contribution in [0.3, 0.4) is 0 Å². The van der Waals surface area contributed by atoms with E-state index in [2.05, 4.69) is 176 Å². The van der Waals surface area contributed by atoms with Gasteiger partial charge in [0.15, 0.2) is 0 Å². The molecule has 0 aliphatic heterocycles. The maximum Gasteiger partial charge on any atom is 0.136 e. The molecule has 0 bridgehead atoms. The van der Waals surface area contributed by atoms with Gasteiger partial charge in [0.2, 0.25) is 0 Å². The Balaban J connectivity index is 1.30. The Bertz CT molecular complexity index is 2850. The molecule has 51 heavy (non-hydrogen) atoms. The first-order valence-electron chi connectivity index (χ1n) is 17.9. The van der Waals surface area contributed by atoms with Crippen LogP contribution in [0.15, 0.2) is 186 Å². The van der Waals surface area contributed by atoms with Crippen LogP contribution in [0.2, 0.25) is 0 Å². The predicted octanol–water partition coefficient (Wildman–Crippen LogP) is 12.3. The van der Waals surface area contributed by atoms with E-state index in [1.807, 2.05) is 6.07 Å². The van der Waals surface area contributed by atoms with Crippen LogP contribution in [0.5, 0.6) is 0 Å². The van der Waals surface area contributed by atoms with E-state index in [0.717, 1.165) is 27.5 Å². The van der Waals surface area contributed by atoms with Gasteiger partial charge in [-0.2, -0.15) is 0 Å². The largest absolute Gasteiger partial charge is 0.456 e. The van der Waals surface area contributed by atoms with Gasteiger partial charge in [0.1, 0.15) is 11.2 Å². The fraction of sp³-hybridized carbons (Fsp3) is 0.0400. The third-order valence-electron chi connectivity index (χ3n) is 12.2. The highest BCUT2D eigenvalue weighted by Gasteiger charge is 2.59. The van der Waals surface area contributed by atoms with Crippen LogP contribution in [0.25, 0.3) is 55.3 Å². The minimum Gasteiger partial charge on any atom is -0.456 e. The van der Waals surface area contributed by atoms with Gasteiger partial charge in [0, 0.05) is 10.8 Å². The van der Waals surface area contributed by atoms with Gasteiger partial charge < -0.3 is 4.42 Å². The van der Waals surface area contributed by atoms with Crippen LogP contribution in [-0.4, -0.2) is 0 Å². The molecule has 0 radical (unpaired) electrons. The second-order valence-electron chi connectivity index (χ2n) is 14.3. The highest BCUT2D eigenvalue weighted by atomic mass is 16.3. The van der Waals surface area contributed by atoms with Crippen molar-refractivity contribution in [2.24, 2.45) is 0 Å². The quantitative estimate of drug-likeness (QED) is 0.173. The molecule has 0 atom stereocenters. The van der Waals surface area contributed by atoms with E-state index in [-0.39, 0.29) is 0 Å². The minimum atomic E-state index is -0.545. The van der Waals surface area contributed by atoms with E-state index in [4.69, 9.17) is 4.42 Å². The fourth-order valence-corrected chi connectivity index (χ4v) is 10.4. The maximum absolute atomic E-state index is 6.53. The second-order valence-corrected chi connectivity index (χ2v) is 14.3. The lowest BCUT2D eigenvalue weighted by Crippen LogP contribution is -2.44. The van der Waals surface area contributed by atoms with Crippen molar-refractivity contribution in [3.05, 3.63) is 226 Å². The van der Waals surface area contributed by atoms with Crippen molar-refractivity contribution >= 4 is 21.9 Å². The van der Waals surface area contributed by atoms with Crippen molar-refractivity contribution in [1.82, 2.24) is 0 Å². The van der Waals surface area contributed by atoms with Crippen molar-refractivity contribution in [3.63, 3.8) is 0 Å². The summed E-state index contributed by atoms with van der Waals surface area (Å²) in [7, 11) is 0. The Kier molecular flexibility index (Phi) is 5.17. The van der Waals surface area contributed by atoms with Crippen LogP contribution >= 0.6 is 0 Å². The molecule has 3 aliphatic rings. The van der Waals surface area contributed by atoms with Gasteiger partial charge in [-0.1, -0.05) is 164 Å². The Morgan fingerprint density at radius 2 is 0.725 bits per heavy atom. The molecule has 12 rings (SSSR count). The summed E-state index contributed by atoms with van der Waals surface area (Å²) in [6, 6.07) is 68.0. The number of hydrogen-bond acceptors (Lipinski definition) is 1. The number of rotatable bonds is 1. The number of para-hydroxylation sites is 1. The summed E-state index contributed by atoms with van der Waals surface area (Å²) in [4.78, 5) is 0. The molecular formula is C50H30O. The lowest BCUT2D eigenvalue weighted by molar-refractivity contribution is 0.634. The highest BCUT2D eigenvalue weighted by Crippen LogP contribution is 2.68. The molecule has 0 fully saturated rings. The highest BCUT2D eigenvalue weighted by molar-refractivity contribution is 6.06. The lowest BCUT2D eigenvalue weighted by atomic mass is 9.51. The van der Waals surface area contributed by atoms with E-state index in [1.54, 1.807) is 0 Å². The fourth-order valence-electron chi connectivity index (χ4n) is 10.4. The molecule has 9 aromatic rings. The number of hydrogen-bond donors (Lipinski definition) is 0. The molecule has 1 aromatic heterocycles. The zero-order chi connectivity index (χ0) is 33.3. The van der Waals surface area contributed by atoms with Crippen molar-refractivity contribution in [3.8, 4) is 33.4 Å². The number of benzene rings is 8. The summed E-state index contributed by atoms with van der Waals surface area (Å²) in [6.07, 6.45) is 0. The molecule has 3 aliphatic carbocycles. The minimum absolute atomic E-state index is 0.504. The molecule has 1 nitrogen and oxygen atoms in total. The van der Waals surface area contributed by atoms with Gasteiger partial charge in [-0.25, -0.2) is 0 Å². The summed E-state index contributed by atoms with van der Waals surface area (Å²) in [5, 5.41) is 2.29. The summed E-state index contributed by atoms with van der Waals surface area (Å²) < 4.78 is 6.53. The van der Waals surface area contributed by atoms with Crippen LogP contribution in [0.4, 0.5) is 0 Å². The van der Waals surface area contributed by atoms with E-state index in [0.29, 0.717) is 0 Å². The van der Waals surface area contributed by atoms with E-state index >= 15 is 0 Å². The molecule has 0 saturated heterocycles. The van der Waals surface area contributed by atoms with Gasteiger partial charge in [0.25, 0.3) is 0 Å². The van der Waals surface area contributed by atoms with Crippen LogP contribution < -0.4 is 0 Å². The first-order chi connectivity index (χ1) is 25.3. The number of furan rings is 1. The summed E-state index contributed by atoms with van der Waals surface area (Å²) >= 11 is 0. The van der Waals surface area contributed by atoms with Crippen molar-refractivity contribution in [2.75, 3.05) is 0 Å². The molecule has 2 spiro atoms. The third-order valence-corrected chi connectivity index (χ3v) is 12.2. The van der Waals surface area contributed by atoms with E-state index in [9.17, 15) is 0 Å². The Labute approximate surface area is 296 Å². The first kappa shape index (κ1) is 27.4. The van der Waals surface area contributed by atoms with Gasteiger partial charge in [-0.05, 0) is 96.1 Å². The molecule has 0 amide bonds. The van der Waals surface area contributed by atoms with Gasteiger partial charge in [0.05, 0.1) is 10.8 Å². The van der Waals surface area contributed by atoms with Crippen molar-refractivity contribution in [2.45, 2.75) is 10.8 Å². The Morgan fingerprint density at radius 1 is 0.294 bits per heavy atom. The van der Waals surface area contributed by atoms with E-state index in [1.165, 1.54) is 72.3 Å². The predicted molar refractivity (Wildman–Crippen MR) is 207 cm³/mol. The summed E-state index contributed by atoms with van der Waals surface area (Å²) in [6.45, 7) is 0.